The lowest BCUT2D eigenvalue weighted by Crippen LogP contribution is -2.28. The van der Waals surface area contributed by atoms with Crippen LogP contribution in [0.1, 0.15) is 11.1 Å². The smallest absolute Gasteiger partial charge is 0.244 e. The molecule has 0 spiro atoms. The molecule has 0 fully saturated rings. The van der Waals surface area contributed by atoms with Crippen LogP contribution < -0.4 is 14.2 Å². The lowest BCUT2D eigenvalue weighted by atomic mass is 10.1. The molecule has 24 heavy (non-hydrogen) atoms. The Labute approximate surface area is 141 Å². The van der Waals surface area contributed by atoms with E-state index in [1.807, 2.05) is 13.8 Å². The van der Waals surface area contributed by atoms with Crippen LogP contribution in [0.5, 0.6) is 11.5 Å². The zero-order valence-corrected chi connectivity index (χ0v) is 14.6. The highest BCUT2D eigenvalue weighted by molar-refractivity contribution is 7.89. The molecule has 2 aromatic rings. The van der Waals surface area contributed by atoms with Gasteiger partial charge < -0.3 is 9.47 Å². The lowest BCUT2D eigenvalue weighted by Gasteiger charge is -2.13. The molecule has 0 amide bonds. The molecule has 0 unspecified atom stereocenters. The van der Waals surface area contributed by atoms with E-state index in [-0.39, 0.29) is 23.9 Å². The molecular formula is C17H20FNO4S. The van der Waals surface area contributed by atoms with Crippen LogP contribution in [-0.4, -0.2) is 28.7 Å². The highest BCUT2D eigenvalue weighted by atomic mass is 32.2. The molecule has 0 radical (unpaired) electrons. The minimum atomic E-state index is -3.72. The maximum absolute atomic E-state index is 12.8. The number of benzene rings is 2. The minimum absolute atomic E-state index is 0.0792. The molecule has 0 aliphatic heterocycles. The fourth-order valence-electron chi connectivity index (χ4n) is 2.09. The predicted molar refractivity (Wildman–Crippen MR) is 89.6 cm³/mol. The minimum Gasteiger partial charge on any atom is -0.495 e. The Morgan fingerprint density at radius 3 is 2.33 bits per heavy atom. The quantitative estimate of drug-likeness (QED) is 0.778. The third-order valence-corrected chi connectivity index (χ3v) is 5.03. The molecule has 0 saturated heterocycles. The molecule has 0 bridgehead atoms. The van der Waals surface area contributed by atoms with Crippen molar-refractivity contribution >= 4 is 10.0 Å². The van der Waals surface area contributed by atoms with Crippen LogP contribution in [0.15, 0.2) is 41.3 Å². The van der Waals surface area contributed by atoms with E-state index in [1.54, 1.807) is 12.1 Å². The summed E-state index contributed by atoms with van der Waals surface area (Å²) in [5.74, 6) is 0.411. The third-order valence-electron chi connectivity index (χ3n) is 3.55. The van der Waals surface area contributed by atoms with Gasteiger partial charge in [0.15, 0.2) is 0 Å². The van der Waals surface area contributed by atoms with E-state index in [4.69, 9.17) is 9.47 Å². The van der Waals surface area contributed by atoms with Crippen molar-refractivity contribution < 1.29 is 22.3 Å². The molecule has 0 aromatic heterocycles. The topological polar surface area (TPSA) is 64.6 Å². The monoisotopic (exact) mass is 353 g/mol. The normalized spacial score (nSPS) is 11.3. The van der Waals surface area contributed by atoms with Gasteiger partial charge >= 0.3 is 0 Å². The third kappa shape index (κ3) is 4.46. The summed E-state index contributed by atoms with van der Waals surface area (Å²) in [5, 5.41) is 0. The van der Waals surface area contributed by atoms with Crippen molar-refractivity contribution in [2.45, 2.75) is 18.7 Å². The molecule has 0 aliphatic carbocycles. The molecule has 7 heteroatoms. The molecule has 0 heterocycles. The van der Waals surface area contributed by atoms with Crippen LogP contribution >= 0.6 is 0 Å². The molecule has 1 N–H and O–H groups in total. The Morgan fingerprint density at radius 1 is 1.08 bits per heavy atom. The van der Waals surface area contributed by atoms with Gasteiger partial charge in [0.05, 0.1) is 7.11 Å². The van der Waals surface area contributed by atoms with E-state index in [0.29, 0.717) is 11.5 Å². The highest BCUT2D eigenvalue weighted by Crippen LogP contribution is 2.27. The van der Waals surface area contributed by atoms with Crippen LogP contribution in [-0.2, 0) is 10.0 Å². The van der Waals surface area contributed by atoms with Crippen molar-refractivity contribution in [2.24, 2.45) is 0 Å². The van der Waals surface area contributed by atoms with Crippen molar-refractivity contribution in [1.29, 1.82) is 0 Å². The van der Waals surface area contributed by atoms with Crippen LogP contribution in [0.3, 0.4) is 0 Å². The number of hydrogen-bond donors (Lipinski definition) is 1. The van der Waals surface area contributed by atoms with E-state index >= 15 is 0 Å². The maximum Gasteiger partial charge on any atom is 0.244 e. The van der Waals surface area contributed by atoms with E-state index in [2.05, 4.69) is 4.72 Å². The summed E-state index contributed by atoms with van der Waals surface area (Å²) >= 11 is 0. The van der Waals surface area contributed by atoms with Crippen molar-refractivity contribution in [3.63, 3.8) is 0 Å². The van der Waals surface area contributed by atoms with Gasteiger partial charge in [-0.05, 0) is 61.4 Å². The highest BCUT2D eigenvalue weighted by Gasteiger charge is 2.20. The van der Waals surface area contributed by atoms with Crippen molar-refractivity contribution in [3.05, 3.63) is 53.3 Å². The Balaban J connectivity index is 2.01. The second-order valence-corrected chi connectivity index (χ2v) is 7.02. The Morgan fingerprint density at radius 2 is 1.71 bits per heavy atom. The van der Waals surface area contributed by atoms with Gasteiger partial charge in [0, 0.05) is 6.54 Å². The second-order valence-electron chi connectivity index (χ2n) is 5.29. The Kier molecular flexibility index (Phi) is 5.80. The molecule has 0 aliphatic rings. The van der Waals surface area contributed by atoms with Gasteiger partial charge in [0.1, 0.15) is 28.8 Å². The van der Waals surface area contributed by atoms with Crippen LogP contribution in [0.25, 0.3) is 0 Å². The van der Waals surface area contributed by atoms with Crippen molar-refractivity contribution in [1.82, 2.24) is 4.72 Å². The molecule has 5 nitrogen and oxygen atoms in total. The van der Waals surface area contributed by atoms with Gasteiger partial charge in [-0.2, -0.15) is 0 Å². The van der Waals surface area contributed by atoms with Crippen LogP contribution in [0.4, 0.5) is 4.39 Å². The van der Waals surface area contributed by atoms with E-state index in [9.17, 15) is 12.8 Å². The summed E-state index contributed by atoms with van der Waals surface area (Å²) in [6, 6.07) is 8.79. The number of rotatable bonds is 7. The van der Waals surface area contributed by atoms with Gasteiger partial charge in [0.2, 0.25) is 10.0 Å². The second kappa shape index (κ2) is 7.63. The first-order valence-corrected chi connectivity index (χ1v) is 8.85. The summed E-state index contributed by atoms with van der Waals surface area (Å²) in [7, 11) is -2.29. The summed E-state index contributed by atoms with van der Waals surface area (Å²) in [6.07, 6.45) is 0. The van der Waals surface area contributed by atoms with Crippen molar-refractivity contribution in [2.75, 3.05) is 20.3 Å². The van der Waals surface area contributed by atoms with Crippen molar-refractivity contribution in [3.8, 4) is 11.5 Å². The van der Waals surface area contributed by atoms with Gasteiger partial charge in [-0.15, -0.1) is 0 Å². The largest absolute Gasteiger partial charge is 0.495 e. The zero-order chi connectivity index (χ0) is 17.7. The van der Waals surface area contributed by atoms with E-state index < -0.39 is 10.0 Å². The van der Waals surface area contributed by atoms with E-state index in [0.717, 1.165) is 11.1 Å². The first-order valence-electron chi connectivity index (χ1n) is 7.37. The van der Waals surface area contributed by atoms with Gasteiger partial charge in [-0.25, -0.2) is 17.5 Å². The molecule has 2 rings (SSSR count). The summed E-state index contributed by atoms with van der Waals surface area (Å²) < 4.78 is 50.7. The average Bonchev–Trinajstić information content (AvgIpc) is 2.55. The molecule has 0 atom stereocenters. The SMILES string of the molecule is COc1cc(C)c(C)cc1S(=O)(=O)NCCOc1ccc(F)cc1. The number of sulfonamides is 1. The van der Waals surface area contributed by atoms with Crippen LogP contribution in [0, 0.1) is 19.7 Å². The van der Waals surface area contributed by atoms with Crippen LogP contribution in [0.2, 0.25) is 0 Å². The van der Waals surface area contributed by atoms with Gasteiger partial charge in [-0.3, -0.25) is 0 Å². The fraction of sp³-hybridized carbons (Fsp3) is 0.294. The predicted octanol–water partition coefficient (Wildman–Crippen LogP) is 2.81. The molecule has 130 valence electrons. The fourth-order valence-corrected chi connectivity index (χ4v) is 3.33. The average molecular weight is 353 g/mol. The maximum atomic E-state index is 12.8. The van der Waals surface area contributed by atoms with Gasteiger partial charge in [0.25, 0.3) is 0 Å². The molecule has 2 aromatic carbocycles. The Hall–Kier alpha value is -2.12. The Bertz CT molecular complexity index is 804. The first kappa shape index (κ1) is 18.2. The molecule has 0 saturated carbocycles. The number of ether oxygens (including phenoxy) is 2. The summed E-state index contributed by atoms with van der Waals surface area (Å²) in [6.45, 7) is 3.93. The number of nitrogens with one attached hydrogen (secondary N) is 1. The summed E-state index contributed by atoms with van der Waals surface area (Å²) in [5.41, 5.74) is 1.81. The first-order chi connectivity index (χ1) is 11.3. The molecular weight excluding hydrogens is 333 g/mol. The zero-order valence-electron chi connectivity index (χ0n) is 13.8. The number of methoxy groups -OCH3 is 1. The summed E-state index contributed by atoms with van der Waals surface area (Å²) in [4.78, 5) is 0.0925. The lowest BCUT2D eigenvalue weighted by molar-refractivity contribution is 0.322. The number of halogens is 1. The van der Waals surface area contributed by atoms with E-state index in [1.165, 1.54) is 31.4 Å². The van der Waals surface area contributed by atoms with Gasteiger partial charge in [-0.1, -0.05) is 0 Å². The number of hydrogen-bond acceptors (Lipinski definition) is 4. The number of aryl methyl sites for hydroxylation is 2. The standard InChI is InChI=1S/C17H20FNO4S/c1-12-10-16(22-3)17(11-13(12)2)24(20,21)19-8-9-23-15-6-4-14(18)5-7-15/h4-7,10-11,19H,8-9H2,1-3H3.